The largest absolute Gasteiger partial charge is 0.389 e. The molecule has 1 aliphatic heterocycles. The van der Waals surface area contributed by atoms with Crippen molar-refractivity contribution in [2.75, 3.05) is 30.4 Å². The second kappa shape index (κ2) is 7.02. The molecular formula is C15H23N5O2. The number of nitrogens with zero attached hydrogens (tertiary/aromatic N) is 3. The minimum absolute atomic E-state index is 0.246. The Morgan fingerprint density at radius 2 is 2.14 bits per heavy atom. The molecule has 1 saturated heterocycles. The summed E-state index contributed by atoms with van der Waals surface area (Å²) in [4.78, 5) is 13.4. The summed E-state index contributed by atoms with van der Waals surface area (Å²) in [6.45, 7) is 4.20. The van der Waals surface area contributed by atoms with Gasteiger partial charge < -0.3 is 20.5 Å². The van der Waals surface area contributed by atoms with E-state index in [0.717, 1.165) is 44.4 Å². The van der Waals surface area contributed by atoms with Gasteiger partial charge in [-0.25, -0.2) is 0 Å². The van der Waals surface area contributed by atoms with Crippen molar-refractivity contribution in [2.45, 2.75) is 44.8 Å². The molecule has 2 heterocycles. The van der Waals surface area contributed by atoms with Crippen molar-refractivity contribution < 1.29 is 9.84 Å². The SMILES string of the molecule is CCNc1nc(N[C@H]2CCOC2)nc(C2=CC(O)CCC2)n1. The number of nitrogens with one attached hydrogen (secondary N) is 2. The Morgan fingerprint density at radius 3 is 2.86 bits per heavy atom. The van der Waals surface area contributed by atoms with Crippen LogP contribution < -0.4 is 10.6 Å². The van der Waals surface area contributed by atoms with E-state index in [2.05, 4.69) is 25.6 Å². The van der Waals surface area contributed by atoms with E-state index in [1.165, 1.54) is 0 Å². The average Bonchev–Trinajstić information content (AvgIpc) is 3.00. The Bertz CT molecular complexity index is 543. The molecule has 2 atom stereocenters. The summed E-state index contributed by atoms with van der Waals surface area (Å²) in [5, 5.41) is 16.3. The van der Waals surface area contributed by atoms with Crippen molar-refractivity contribution in [3.63, 3.8) is 0 Å². The van der Waals surface area contributed by atoms with E-state index in [1.54, 1.807) is 0 Å². The fraction of sp³-hybridized carbons (Fsp3) is 0.667. The number of anilines is 2. The van der Waals surface area contributed by atoms with Crippen molar-refractivity contribution in [3.8, 4) is 0 Å². The molecule has 0 radical (unpaired) electrons. The van der Waals surface area contributed by atoms with Crippen LogP contribution in [0.3, 0.4) is 0 Å². The Hall–Kier alpha value is -1.73. The minimum atomic E-state index is -0.400. The molecular weight excluding hydrogens is 282 g/mol. The number of ether oxygens (including phenoxy) is 1. The van der Waals surface area contributed by atoms with Crippen LogP contribution in [0.4, 0.5) is 11.9 Å². The van der Waals surface area contributed by atoms with Gasteiger partial charge in [0.15, 0.2) is 5.82 Å². The van der Waals surface area contributed by atoms with Crippen molar-refractivity contribution in [1.29, 1.82) is 0 Å². The van der Waals surface area contributed by atoms with Crippen LogP contribution in [0.2, 0.25) is 0 Å². The third-order valence-corrected chi connectivity index (χ3v) is 3.86. The van der Waals surface area contributed by atoms with E-state index in [4.69, 9.17) is 4.74 Å². The Balaban J connectivity index is 1.85. The number of aromatic nitrogens is 3. The smallest absolute Gasteiger partial charge is 0.228 e. The fourth-order valence-electron chi connectivity index (χ4n) is 2.74. The van der Waals surface area contributed by atoms with E-state index in [0.29, 0.717) is 24.3 Å². The van der Waals surface area contributed by atoms with Crippen molar-refractivity contribution >= 4 is 17.5 Å². The summed E-state index contributed by atoms with van der Waals surface area (Å²) < 4.78 is 5.37. The first-order valence-electron chi connectivity index (χ1n) is 7.98. The molecule has 0 amide bonds. The van der Waals surface area contributed by atoms with Crippen LogP contribution in [0.25, 0.3) is 5.57 Å². The first-order valence-corrected chi connectivity index (χ1v) is 7.98. The van der Waals surface area contributed by atoms with Crippen LogP contribution in [-0.4, -0.2) is 52.0 Å². The highest BCUT2D eigenvalue weighted by molar-refractivity contribution is 5.63. The van der Waals surface area contributed by atoms with E-state index in [1.807, 2.05) is 13.0 Å². The second-order valence-electron chi connectivity index (χ2n) is 5.69. The standard InChI is InChI=1S/C15H23N5O2/c1-2-16-14-18-13(10-4-3-5-12(21)8-10)19-15(20-14)17-11-6-7-22-9-11/h8,11-12,21H,2-7,9H2,1H3,(H2,16,17,18,19,20)/t11-,12?/m0/s1. The molecule has 0 bridgehead atoms. The Labute approximate surface area is 130 Å². The highest BCUT2D eigenvalue weighted by Crippen LogP contribution is 2.26. The van der Waals surface area contributed by atoms with Gasteiger partial charge >= 0.3 is 0 Å². The molecule has 7 heteroatoms. The lowest BCUT2D eigenvalue weighted by Crippen LogP contribution is -2.22. The highest BCUT2D eigenvalue weighted by atomic mass is 16.5. The van der Waals surface area contributed by atoms with Crippen LogP contribution in [-0.2, 0) is 4.74 Å². The summed E-state index contributed by atoms with van der Waals surface area (Å²) in [7, 11) is 0. The van der Waals surface area contributed by atoms with Crippen molar-refractivity contribution in [2.24, 2.45) is 0 Å². The average molecular weight is 305 g/mol. The molecule has 1 aliphatic carbocycles. The zero-order valence-electron chi connectivity index (χ0n) is 12.9. The maximum Gasteiger partial charge on any atom is 0.228 e. The first kappa shape index (κ1) is 15.2. The van der Waals surface area contributed by atoms with E-state index in [9.17, 15) is 5.11 Å². The molecule has 2 aliphatic rings. The quantitative estimate of drug-likeness (QED) is 0.758. The van der Waals surface area contributed by atoms with Gasteiger partial charge in [-0.05, 0) is 44.3 Å². The van der Waals surface area contributed by atoms with Crippen molar-refractivity contribution in [3.05, 3.63) is 11.9 Å². The molecule has 3 N–H and O–H groups in total. The van der Waals surface area contributed by atoms with Crippen LogP contribution in [0.15, 0.2) is 6.08 Å². The molecule has 1 aromatic heterocycles. The van der Waals surface area contributed by atoms with Crippen molar-refractivity contribution in [1.82, 2.24) is 15.0 Å². The summed E-state index contributed by atoms with van der Waals surface area (Å²) in [6, 6.07) is 0.246. The van der Waals surface area contributed by atoms with E-state index in [-0.39, 0.29) is 6.04 Å². The molecule has 7 nitrogen and oxygen atoms in total. The molecule has 0 saturated carbocycles. The maximum absolute atomic E-state index is 9.82. The Kier molecular flexibility index (Phi) is 4.84. The predicted molar refractivity (Wildman–Crippen MR) is 84.7 cm³/mol. The number of hydrogen-bond acceptors (Lipinski definition) is 7. The number of rotatable bonds is 5. The second-order valence-corrected chi connectivity index (χ2v) is 5.69. The van der Waals surface area contributed by atoms with Gasteiger partial charge in [-0.3, -0.25) is 0 Å². The molecule has 3 rings (SSSR count). The van der Waals surface area contributed by atoms with Gasteiger partial charge in [0.1, 0.15) is 0 Å². The van der Waals surface area contributed by atoms with Gasteiger partial charge in [0, 0.05) is 13.2 Å². The zero-order chi connectivity index (χ0) is 15.4. The van der Waals surface area contributed by atoms with Crippen LogP contribution in [0.5, 0.6) is 0 Å². The zero-order valence-corrected chi connectivity index (χ0v) is 12.9. The van der Waals surface area contributed by atoms with Gasteiger partial charge in [-0.2, -0.15) is 15.0 Å². The lowest BCUT2D eigenvalue weighted by Gasteiger charge is -2.18. The monoisotopic (exact) mass is 305 g/mol. The normalized spacial score (nSPS) is 24.9. The van der Waals surface area contributed by atoms with E-state index < -0.39 is 6.10 Å². The molecule has 0 aromatic carbocycles. The van der Waals surface area contributed by atoms with Gasteiger partial charge in [-0.15, -0.1) is 0 Å². The number of allylic oxidation sites excluding steroid dienone is 1. The molecule has 1 fully saturated rings. The lowest BCUT2D eigenvalue weighted by molar-refractivity contribution is 0.195. The van der Waals surface area contributed by atoms with Crippen LogP contribution >= 0.6 is 0 Å². The number of aliphatic hydroxyl groups excluding tert-OH is 1. The number of aliphatic hydroxyl groups is 1. The van der Waals surface area contributed by atoms with Gasteiger partial charge in [0.05, 0.1) is 18.8 Å². The number of hydrogen-bond donors (Lipinski definition) is 3. The molecule has 1 aromatic rings. The summed E-state index contributed by atoms with van der Waals surface area (Å²) in [5.41, 5.74) is 0.992. The minimum Gasteiger partial charge on any atom is -0.389 e. The first-order chi connectivity index (χ1) is 10.7. The molecule has 22 heavy (non-hydrogen) atoms. The molecule has 120 valence electrons. The maximum atomic E-state index is 9.82. The van der Waals surface area contributed by atoms with Crippen LogP contribution in [0, 0.1) is 0 Å². The molecule has 1 unspecified atom stereocenters. The summed E-state index contributed by atoms with van der Waals surface area (Å²) in [6.07, 6.45) is 5.06. The topological polar surface area (TPSA) is 92.2 Å². The lowest BCUT2D eigenvalue weighted by atomic mass is 9.97. The summed E-state index contributed by atoms with van der Waals surface area (Å²) >= 11 is 0. The Morgan fingerprint density at radius 1 is 1.27 bits per heavy atom. The van der Waals surface area contributed by atoms with Gasteiger partial charge in [0.25, 0.3) is 0 Å². The predicted octanol–water partition coefficient (Wildman–Crippen LogP) is 1.43. The van der Waals surface area contributed by atoms with Gasteiger partial charge in [0.2, 0.25) is 11.9 Å². The van der Waals surface area contributed by atoms with E-state index >= 15 is 0 Å². The fourth-order valence-corrected chi connectivity index (χ4v) is 2.74. The third kappa shape index (κ3) is 3.72. The molecule has 0 spiro atoms. The third-order valence-electron chi connectivity index (χ3n) is 3.86. The van der Waals surface area contributed by atoms with Gasteiger partial charge in [-0.1, -0.05) is 0 Å². The highest BCUT2D eigenvalue weighted by Gasteiger charge is 2.19. The summed E-state index contributed by atoms with van der Waals surface area (Å²) in [5.74, 6) is 1.78. The van der Waals surface area contributed by atoms with Crippen LogP contribution in [0.1, 0.15) is 38.4 Å².